The SMILES string of the molecule is O=[N+]([O-])c1cc(C/C=C/CBr)ccc1OCCCC(F)(F)F. The Labute approximate surface area is 134 Å². The number of nitro groups is 1. The molecule has 0 aliphatic carbocycles. The van der Waals surface area contributed by atoms with Crippen LogP contribution < -0.4 is 4.74 Å². The minimum atomic E-state index is -4.25. The van der Waals surface area contributed by atoms with Crippen LogP contribution in [0.15, 0.2) is 30.4 Å². The average Bonchev–Trinajstić information content (AvgIpc) is 2.43. The second-order valence-corrected chi connectivity index (χ2v) is 5.10. The number of alkyl halides is 4. The van der Waals surface area contributed by atoms with Gasteiger partial charge in [0, 0.05) is 17.8 Å². The van der Waals surface area contributed by atoms with Gasteiger partial charge < -0.3 is 4.74 Å². The number of hydrogen-bond donors (Lipinski definition) is 0. The predicted octanol–water partition coefficient (Wildman–Crippen LogP) is 4.81. The molecule has 0 saturated carbocycles. The highest BCUT2D eigenvalue weighted by atomic mass is 79.9. The quantitative estimate of drug-likeness (QED) is 0.213. The monoisotopic (exact) mass is 381 g/mol. The van der Waals surface area contributed by atoms with Crippen molar-refractivity contribution in [3.8, 4) is 5.75 Å². The Morgan fingerprint density at radius 2 is 2.05 bits per heavy atom. The fraction of sp³-hybridized carbons (Fsp3) is 0.429. The summed E-state index contributed by atoms with van der Waals surface area (Å²) >= 11 is 3.23. The highest BCUT2D eigenvalue weighted by Gasteiger charge is 2.26. The summed E-state index contributed by atoms with van der Waals surface area (Å²) in [5, 5.41) is 11.7. The van der Waals surface area contributed by atoms with Crippen molar-refractivity contribution in [2.75, 3.05) is 11.9 Å². The molecule has 122 valence electrons. The highest BCUT2D eigenvalue weighted by Crippen LogP contribution is 2.29. The zero-order valence-electron chi connectivity index (χ0n) is 11.6. The molecule has 0 aliphatic heterocycles. The number of halogens is 4. The highest BCUT2D eigenvalue weighted by molar-refractivity contribution is 9.09. The second kappa shape index (κ2) is 8.77. The van der Waals surface area contributed by atoms with Crippen LogP contribution in [0.2, 0.25) is 0 Å². The lowest BCUT2D eigenvalue weighted by Gasteiger charge is -2.09. The fourth-order valence-corrected chi connectivity index (χ4v) is 1.96. The predicted molar refractivity (Wildman–Crippen MR) is 80.5 cm³/mol. The summed E-state index contributed by atoms with van der Waals surface area (Å²) in [6.45, 7) is -0.219. The first kappa shape index (κ1) is 18.5. The van der Waals surface area contributed by atoms with E-state index in [2.05, 4.69) is 15.9 Å². The van der Waals surface area contributed by atoms with Crippen LogP contribution in [-0.4, -0.2) is 23.0 Å². The smallest absolute Gasteiger partial charge is 0.389 e. The van der Waals surface area contributed by atoms with Crippen LogP contribution in [0, 0.1) is 10.1 Å². The van der Waals surface area contributed by atoms with Crippen LogP contribution in [0.3, 0.4) is 0 Å². The van der Waals surface area contributed by atoms with Gasteiger partial charge in [0.05, 0.1) is 11.5 Å². The van der Waals surface area contributed by atoms with E-state index in [1.807, 2.05) is 12.2 Å². The van der Waals surface area contributed by atoms with Crippen LogP contribution in [0.25, 0.3) is 0 Å². The molecule has 1 aromatic carbocycles. The van der Waals surface area contributed by atoms with E-state index < -0.39 is 17.5 Å². The van der Waals surface area contributed by atoms with Gasteiger partial charge in [-0.15, -0.1) is 0 Å². The molecular weight excluding hydrogens is 367 g/mol. The molecule has 1 rings (SSSR count). The third-order valence-corrected chi connectivity index (χ3v) is 3.07. The molecule has 0 atom stereocenters. The number of ether oxygens (including phenoxy) is 1. The number of nitrogens with zero attached hydrogens (tertiary/aromatic N) is 1. The van der Waals surface area contributed by atoms with Crippen LogP contribution in [0.4, 0.5) is 18.9 Å². The lowest BCUT2D eigenvalue weighted by atomic mass is 10.1. The molecule has 0 radical (unpaired) electrons. The lowest BCUT2D eigenvalue weighted by Crippen LogP contribution is -2.10. The molecule has 0 aliphatic rings. The summed E-state index contributed by atoms with van der Waals surface area (Å²) in [5.74, 6) is -0.0135. The Bertz CT molecular complexity index is 533. The number of nitro benzene ring substituents is 1. The Morgan fingerprint density at radius 3 is 2.64 bits per heavy atom. The zero-order chi connectivity index (χ0) is 16.6. The molecule has 22 heavy (non-hydrogen) atoms. The van der Waals surface area contributed by atoms with E-state index >= 15 is 0 Å². The van der Waals surface area contributed by atoms with Crippen LogP contribution in [0.1, 0.15) is 18.4 Å². The van der Waals surface area contributed by atoms with Crippen molar-refractivity contribution in [1.82, 2.24) is 0 Å². The molecule has 8 heteroatoms. The molecule has 1 aromatic rings. The van der Waals surface area contributed by atoms with Gasteiger partial charge in [-0.2, -0.15) is 13.2 Å². The summed E-state index contributed by atoms with van der Waals surface area (Å²) in [7, 11) is 0. The van der Waals surface area contributed by atoms with E-state index in [0.29, 0.717) is 11.8 Å². The van der Waals surface area contributed by atoms with Gasteiger partial charge in [-0.05, 0) is 24.5 Å². The molecule has 0 bridgehead atoms. The molecule has 4 nitrogen and oxygen atoms in total. The maximum absolute atomic E-state index is 12.0. The van der Waals surface area contributed by atoms with Crippen LogP contribution in [-0.2, 0) is 6.42 Å². The second-order valence-electron chi connectivity index (χ2n) is 4.46. The minimum Gasteiger partial charge on any atom is -0.487 e. The van der Waals surface area contributed by atoms with Crippen LogP contribution >= 0.6 is 15.9 Å². The molecule has 0 N–H and O–H groups in total. The van der Waals surface area contributed by atoms with Crippen molar-refractivity contribution >= 4 is 21.6 Å². The Kier molecular flexibility index (Phi) is 7.37. The lowest BCUT2D eigenvalue weighted by molar-refractivity contribution is -0.385. The van der Waals surface area contributed by atoms with E-state index in [-0.39, 0.29) is 24.5 Å². The van der Waals surface area contributed by atoms with E-state index in [0.717, 1.165) is 5.56 Å². The molecule has 0 aromatic heterocycles. The molecule has 0 spiro atoms. The van der Waals surface area contributed by atoms with E-state index in [1.54, 1.807) is 6.07 Å². The maximum atomic E-state index is 12.0. The van der Waals surface area contributed by atoms with Crippen molar-refractivity contribution in [3.63, 3.8) is 0 Å². The summed E-state index contributed by atoms with van der Waals surface area (Å²) < 4.78 is 41.2. The average molecular weight is 382 g/mol. The molecule has 0 amide bonds. The summed E-state index contributed by atoms with van der Waals surface area (Å²) in [5.41, 5.74) is 0.489. The molecular formula is C14H15BrF3NO3. The molecule has 0 fully saturated rings. The van der Waals surface area contributed by atoms with Gasteiger partial charge in [-0.25, -0.2) is 0 Å². The van der Waals surface area contributed by atoms with Gasteiger partial charge in [0.15, 0.2) is 5.75 Å². The number of allylic oxidation sites excluding steroid dienone is 2. The number of rotatable bonds is 8. The molecule has 0 heterocycles. The molecule has 0 unspecified atom stereocenters. The summed E-state index contributed by atoms with van der Waals surface area (Å²) in [6.07, 6.45) is -1.21. The topological polar surface area (TPSA) is 52.4 Å². The first-order valence-electron chi connectivity index (χ1n) is 6.51. The third kappa shape index (κ3) is 6.93. The number of hydrogen-bond acceptors (Lipinski definition) is 3. The van der Waals surface area contributed by atoms with Crippen LogP contribution in [0.5, 0.6) is 5.75 Å². The maximum Gasteiger partial charge on any atom is 0.389 e. The van der Waals surface area contributed by atoms with Crippen molar-refractivity contribution in [1.29, 1.82) is 0 Å². The normalized spacial score (nSPS) is 11.8. The van der Waals surface area contributed by atoms with Gasteiger partial charge in [0.1, 0.15) is 0 Å². The Hall–Kier alpha value is -1.57. The minimum absolute atomic E-state index is 0.0135. The summed E-state index contributed by atoms with van der Waals surface area (Å²) in [4.78, 5) is 10.4. The van der Waals surface area contributed by atoms with Gasteiger partial charge in [-0.3, -0.25) is 10.1 Å². The van der Waals surface area contributed by atoms with Gasteiger partial charge in [-0.1, -0.05) is 34.1 Å². The first-order valence-corrected chi connectivity index (χ1v) is 7.63. The van der Waals surface area contributed by atoms with Crippen molar-refractivity contribution in [3.05, 3.63) is 46.0 Å². The Morgan fingerprint density at radius 1 is 1.32 bits per heavy atom. The first-order chi connectivity index (χ1) is 10.3. The van der Waals surface area contributed by atoms with Gasteiger partial charge in [0.2, 0.25) is 0 Å². The van der Waals surface area contributed by atoms with E-state index in [1.165, 1.54) is 12.1 Å². The summed E-state index contributed by atoms with van der Waals surface area (Å²) in [6, 6.07) is 4.45. The van der Waals surface area contributed by atoms with Crippen molar-refractivity contribution in [2.24, 2.45) is 0 Å². The molecule has 0 saturated heterocycles. The van der Waals surface area contributed by atoms with Crippen molar-refractivity contribution < 1.29 is 22.8 Å². The fourth-order valence-electron chi connectivity index (χ4n) is 1.69. The van der Waals surface area contributed by atoms with Gasteiger partial charge in [0.25, 0.3) is 0 Å². The zero-order valence-corrected chi connectivity index (χ0v) is 13.2. The Balaban J connectivity index is 2.69. The third-order valence-electron chi connectivity index (χ3n) is 2.69. The standard InChI is InChI=1S/C14H15BrF3NO3/c15-8-2-1-4-11-5-6-13(12(10-11)19(20)21)22-9-3-7-14(16,17)18/h1-2,5-6,10H,3-4,7-9H2/b2-1+. The van der Waals surface area contributed by atoms with Gasteiger partial charge >= 0.3 is 11.9 Å². The van der Waals surface area contributed by atoms with E-state index in [9.17, 15) is 23.3 Å². The number of benzene rings is 1. The largest absolute Gasteiger partial charge is 0.487 e. The van der Waals surface area contributed by atoms with E-state index in [4.69, 9.17) is 4.74 Å². The van der Waals surface area contributed by atoms with Crippen molar-refractivity contribution in [2.45, 2.75) is 25.4 Å².